The van der Waals surface area contributed by atoms with Gasteiger partial charge in [-0.1, -0.05) is 61.3 Å². The number of nitrogens with zero attached hydrogens (tertiary/aromatic N) is 1. The Labute approximate surface area is 198 Å². The number of methoxy groups -OCH3 is 1. The lowest BCUT2D eigenvalue weighted by molar-refractivity contribution is -0.162. The topological polar surface area (TPSA) is 63.7 Å². The smallest absolute Gasteiger partial charge is 0.306 e. The quantitative estimate of drug-likeness (QED) is 0.386. The fraction of sp³-hybridized carbons (Fsp3) is 0.400. The summed E-state index contributed by atoms with van der Waals surface area (Å²) in [5.74, 6) is -0.897. The van der Waals surface area contributed by atoms with Gasteiger partial charge in [-0.05, 0) is 48.2 Å². The molecule has 170 valence electrons. The van der Waals surface area contributed by atoms with Crippen LogP contribution >= 0.6 is 23.2 Å². The fourth-order valence-electron chi connectivity index (χ4n) is 4.66. The van der Waals surface area contributed by atoms with E-state index in [0.29, 0.717) is 22.9 Å². The van der Waals surface area contributed by atoms with Crippen molar-refractivity contribution in [3.63, 3.8) is 0 Å². The molecule has 3 rings (SSSR count). The Hall–Kier alpha value is -2.37. The summed E-state index contributed by atoms with van der Waals surface area (Å²) in [7, 11) is 1.31. The summed E-state index contributed by atoms with van der Waals surface area (Å²) in [6, 6.07) is 13.8. The highest BCUT2D eigenvalue weighted by Gasteiger charge is 2.52. The van der Waals surface area contributed by atoms with Crippen molar-refractivity contribution in [2.45, 2.75) is 51.1 Å². The molecule has 0 aliphatic carbocycles. The predicted molar refractivity (Wildman–Crippen MR) is 125 cm³/mol. The number of esters is 1. The standard InChI is InChI=1S/C25H27Cl2NO4/c1-4-20(15-29)28-23(16-8-10-18(26)11-9-16)21(17-6-5-7-19(27)12-17)13-25(2,24(28)31)14-22(30)32-3/h5-12,15,20-21,23H,4,13-14H2,1-3H3/t20-,21?,23+,25+/m0/s1. The van der Waals surface area contributed by atoms with E-state index >= 15 is 0 Å². The predicted octanol–water partition coefficient (Wildman–Crippen LogP) is 5.60. The monoisotopic (exact) mass is 475 g/mol. The third kappa shape index (κ3) is 4.84. The second kappa shape index (κ2) is 10.1. The third-order valence-electron chi connectivity index (χ3n) is 6.29. The van der Waals surface area contributed by atoms with E-state index in [2.05, 4.69) is 0 Å². The molecule has 5 nitrogen and oxygen atoms in total. The minimum atomic E-state index is -1.03. The van der Waals surface area contributed by atoms with Gasteiger partial charge < -0.3 is 14.4 Å². The first-order chi connectivity index (χ1) is 15.2. The number of hydrogen-bond acceptors (Lipinski definition) is 4. The number of amides is 1. The summed E-state index contributed by atoms with van der Waals surface area (Å²) in [6.45, 7) is 3.64. The summed E-state index contributed by atoms with van der Waals surface area (Å²) in [5.41, 5.74) is 0.777. The fourth-order valence-corrected chi connectivity index (χ4v) is 4.99. The van der Waals surface area contributed by atoms with Crippen molar-refractivity contribution in [3.05, 3.63) is 69.7 Å². The van der Waals surface area contributed by atoms with E-state index < -0.39 is 23.5 Å². The molecule has 0 radical (unpaired) electrons. The van der Waals surface area contributed by atoms with Crippen LogP contribution in [0, 0.1) is 5.41 Å². The molecule has 2 aromatic carbocycles. The number of carbonyl (C=O) groups is 3. The normalized spacial score (nSPS) is 24.2. The van der Waals surface area contributed by atoms with Crippen LogP contribution in [0.2, 0.25) is 10.0 Å². The summed E-state index contributed by atoms with van der Waals surface area (Å²) < 4.78 is 4.88. The highest BCUT2D eigenvalue weighted by Crippen LogP contribution is 2.52. The summed E-state index contributed by atoms with van der Waals surface area (Å²) in [4.78, 5) is 39.8. The molecule has 0 saturated carbocycles. The van der Waals surface area contributed by atoms with Crippen LogP contribution in [0.4, 0.5) is 0 Å². The largest absolute Gasteiger partial charge is 0.469 e. The van der Waals surface area contributed by atoms with Crippen LogP contribution in [0.15, 0.2) is 48.5 Å². The number of aldehydes is 1. The minimum Gasteiger partial charge on any atom is -0.469 e. The Morgan fingerprint density at radius 2 is 1.88 bits per heavy atom. The zero-order valence-corrected chi connectivity index (χ0v) is 19.9. The number of piperidine rings is 1. The Morgan fingerprint density at radius 3 is 2.44 bits per heavy atom. The van der Waals surface area contributed by atoms with Crippen LogP contribution in [0.3, 0.4) is 0 Å². The Balaban J connectivity index is 2.22. The molecular weight excluding hydrogens is 449 g/mol. The van der Waals surface area contributed by atoms with E-state index in [1.54, 1.807) is 30.0 Å². The van der Waals surface area contributed by atoms with Gasteiger partial charge in [-0.3, -0.25) is 9.59 Å². The first-order valence-electron chi connectivity index (χ1n) is 10.6. The number of ether oxygens (including phenoxy) is 1. The number of hydrogen-bond donors (Lipinski definition) is 0. The van der Waals surface area contributed by atoms with Gasteiger partial charge in [0, 0.05) is 16.0 Å². The van der Waals surface area contributed by atoms with Crippen LogP contribution in [0.25, 0.3) is 0 Å². The van der Waals surface area contributed by atoms with Gasteiger partial charge in [0.05, 0.1) is 31.0 Å². The molecule has 1 saturated heterocycles. The van der Waals surface area contributed by atoms with E-state index in [0.717, 1.165) is 17.4 Å². The van der Waals surface area contributed by atoms with Crippen LogP contribution < -0.4 is 0 Å². The van der Waals surface area contributed by atoms with Crippen molar-refractivity contribution >= 4 is 41.4 Å². The first kappa shape index (κ1) is 24.3. The average Bonchev–Trinajstić information content (AvgIpc) is 2.78. The zero-order valence-electron chi connectivity index (χ0n) is 18.4. The molecule has 1 amide bonds. The Morgan fingerprint density at radius 1 is 1.19 bits per heavy atom. The van der Waals surface area contributed by atoms with E-state index in [-0.39, 0.29) is 18.2 Å². The molecule has 1 fully saturated rings. The van der Waals surface area contributed by atoms with Gasteiger partial charge in [-0.25, -0.2) is 0 Å². The van der Waals surface area contributed by atoms with Crippen molar-refractivity contribution in [2.75, 3.05) is 7.11 Å². The summed E-state index contributed by atoms with van der Waals surface area (Å²) in [5, 5.41) is 1.16. The molecule has 1 unspecified atom stereocenters. The van der Waals surface area contributed by atoms with Crippen LogP contribution in [0.5, 0.6) is 0 Å². The average molecular weight is 476 g/mol. The number of rotatable bonds is 7. The summed E-state index contributed by atoms with van der Waals surface area (Å²) >= 11 is 12.4. The SMILES string of the molecule is CC[C@@H](C=O)N1C(=O)[C@@](C)(CC(=O)OC)CC(c2cccc(Cl)c2)[C@H]1c1ccc(Cl)cc1. The van der Waals surface area contributed by atoms with Crippen LogP contribution in [-0.2, 0) is 19.1 Å². The van der Waals surface area contributed by atoms with Crippen molar-refractivity contribution in [3.8, 4) is 0 Å². The second-order valence-electron chi connectivity index (χ2n) is 8.50. The van der Waals surface area contributed by atoms with Gasteiger partial charge in [-0.2, -0.15) is 0 Å². The molecule has 4 atom stereocenters. The van der Waals surface area contributed by atoms with Crippen molar-refractivity contribution in [1.82, 2.24) is 4.90 Å². The maximum absolute atomic E-state index is 13.9. The molecule has 32 heavy (non-hydrogen) atoms. The first-order valence-corrected chi connectivity index (χ1v) is 11.4. The lowest BCUT2D eigenvalue weighted by Gasteiger charge is -2.50. The molecule has 0 spiro atoms. The molecule has 2 aromatic rings. The van der Waals surface area contributed by atoms with Gasteiger partial charge in [0.1, 0.15) is 6.29 Å². The molecule has 7 heteroatoms. The van der Waals surface area contributed by atoms with E-state index in [4.69, 9.17) is 27.9 Å². The molecule has 1 heterocycles. The van der Waals surface area contributed by atoms with Crippen LogP contribution in [0.1, 0.15) is 56.2 Å². The molecular formula is C25H27Cl2NO4. The number of carbonyl (C=O) groups excluding carboxylic acids is 3. The van der Waals surface area contributed by atoms with Gasteiger partial charge in [-0.15, -0.1) is 0 Å². The van der Waals surface area contributed by atoms with Crippen molar-refractivity contribution in [2.24, 2.45) is 5.41 Å². The Bertz CT molecular complexity index is 994. The molecule has 0 aromatic heterocycles. The molecule has 1 aliphatic heterocycles. The van der Waals surface area contributed by atoms with E-state index in [9.17, 15) is 14.4 Å². The minimum absolute atomic E-state index is 0.0709. The van der Waals surface area contributed by atoms with E-state index in [1.165, 1.54) is 7.11 Å². The van der Waals surface area contributed by atoms with Crippen molar-refractivity contribution < 1.29 is 19.1 Å². The second-order valence-corrected chi connectivity index (χ2v) is 9.37. The number of halogens is 2. The number of likely N-dealkylation sites (tertiary alicyclic amines) is 1. The van der Waals surface area contributed by atoms with Gasteiger partial charge in [0.15, 0.2) is 0 Å². The molecule has 0 N–H and O–H groups in total. The maximum atomic E-state index is 13.9. The summed E-state index contributed by atoms with van der Waals surface area (Å²) in [6.07, 6.45) is 1.59. The van der Waals surface area contributed by atoms with Gasteiger partial charge >= 0.3 is 5.97 Å². The lowest BCUT2D eigenvalue weighted by Crippen LogP contribution is -2.56. The third-order valence-corrected chi connectivity index (χ3v) is 6.77. The van der Waals surface area contributed by atoms with Crippen molar-refractivity contribution in [1.29, 1.82) is 0 Å². The highest BCUT2D eigenvalue weighted by molar-refractivity contribution is 6.30. The van der Waals surface area contributed by atoms with Gasteiger partial charge in [0.25, 0.3) is 0 Å². The highest BCUT2D eigenvalue weighted by atomic mass is 35.5. The maximum Gasteiger partial charge on any atom is 0.306 e. The molecule has 1 aliphatic rings. The lowest BCUT2D eigenvalue weighted by atomic mass is 9.67. The van der Waals surface area contributed by atoms with Gasteiger partial charge in [0.2, 0.25) is 5.91 Å². The number of benzene rings is 2. The molecule has 0 bridgehead atoms. The van der Waals surface area contributed by atoms with Crippen LogP contribution in [-0.4, -0.2) is 36.2 Å². The Kier molecular flexibility index (Phi) is 7.63. The van der Waals surface area contributed by atoms with E-state index in [1.807, 2.05) is 37.3 Å². The zero-order chi connectivity index (χ0) is 23.5.